The Morgan fingerprint density at radius 1 is 1.28 bits per heavy atom. The summed E-state index contributed by atoms with van der Waals surface area (Å²) < 4.78 is 22.1. The van der Waals surface area contributed by atoms with Crippen molar-refractivity contribution in [3.05, 3.63) is 78.1 Å². The number of hydrogen-bond donors (Lipinski definition) is 1. The van der Waals surface area contributed by atoms with E-state index in [0.717, 1.165) is 24.6 Å². The largest absolute Gasteiger partial charge is 0.453 e. The fraction of sp³-hybridized carbons (Fsp3) is 0.273. The number of aliphatic imine (C=N–C) groups is 1. The first-order valence-corrected chi connectivity index (χ1v) is 9.52. The molecule has 7 heteroatoms. The molecule has 0 saturated heterocycles. The van der Waals surface area contributed by atoms with E-state index in [0.29, 0.717) is 12.3 Å². The van der Waals surface area contributed by atoms with Crippen molar-refractivity contribution >= 4 is 5.96 Å². The van der Waals surface area contributed by atoms with Crippen LogP contribution < -0.4 is 10.1 Å². The molecule has 1 N–H and O–H groups in total. The van der Waals surface area contributed by atoms with Crippen molar-refractivity contribution < 1.29 is 9.13 Å². The fourth-order valence-corrected chi connectivity index (χ4v) is 2.87. The molecule has 0 spiro atoms. The van der Waals surface area contributed by atoms with Crippen LogP contribution in [0.4, 0.5) is 4.39 Å². The predicted octanol–water partition coefficient (Wildman–Crippen LogP) is 3.95. The molecule has 0 atom stereocenters. The number of ether oxygens (including phenoxy) is 1. The van der Waals surface area contributed by atoms with Gasteiger partial charge in [-0.05, 0) is 48.9 Å². The topological polar surface area (TPSA) is 54.7 Å². The van der Waals surface area contributed by atoms with E-state index in [1.807, 2.05) is 39.3 Å². The maximum Gasteiger partial charge on any atom is 0.194 e. The van der Waals surface area contributed by atoms with Gasteiger partial charge in [0.25, 0.3) is 0 Å². The summed E-state index contributed by atoms with van der Waals surface area (Å²) >= 11 is 0. The Kier molecular flexibility index (Phi) is 6.84. The smallest absolute Gasteiger partial charge is 0.194 e. The van der Waals surface area contributed by atoms with E-state index < -0.39 is 5.82 Å². The van der Waals surface area contributed by atoms with Gasteiger partial charge in [0.1, 0.15) is 5.75 Å². The number of pyridine rings is 1. The van der Waals surface area contributed by atoms with Gasteiger partial charge < -0.3 is 19.5 Å². The molecule has 6 nitrogen and oxygen atoms in total. The maximum absolute atomic E-state index is 14.4. The molecule has 3 aromatic rings. The average Bonchev–Trinajstić information content (AvgIpc) is 3.12. The molecule has 0 bridgehead atoms. The Hall–Kier alpha value is -3.35. The van der Waals surface area contributed by atoms with Crippen LogP contribution in [0.1, 0.15) is 18.2 Å². The molecular weight excluding hydrogens is 369 g/mol. The lowest BCUT2D eigenvalue weighted by atomic mass is 10.2. The van der Waals surface area contributed by atoms with Crippen LogP contribution in [0.25, 0.3) is 0 Å². The van der Waals surface area contributed by atoms with Gasteiger partial charge >= 0.3 is 0 Å². The second-order valence-electron chi connectivity index (χ2n) is 6.69. The fourth-order valence-electron chi connectivity index (χ4n) is 2.87. The number of rotatable bonds is 7. The molecule has 0 fully saturated rings. The quantitative estimate of drug-likeness (QED) is 0.486. The summed E-state index contributed by atoms with van der Waals surface area (Å²) in [5, 5.41) is 3.28. The number of guanidine groups is 1. The minimum Gasteiger partial charge on any atom is -0.453 e. The third-order valence-corrected chi connectivity index (χ3v) is 4.42. The summed E-state index contributed by atoms with van der Waals surface area (Å²) in [6, 6.07) is 12.5. The second-order valence-corrected chi connectivity index (χ2v) is 6.69. The monoisotopic (exact) mass is 395 g/mol. The first-order chi connectivity index (χ1) is 14.1. The summed E-state index contributed by atoms with van der Waals surface area (Å²) in [5.41, 5.74) is 1.95. The van der Waals surface area contributed by atoms with Gasteiger partial charge in [-0.2, -0.15) is 0 Å². The van der Waals surface area contributed by atoms with E-state index in [2.05, 4.69) is 30.8 Å². The molecule has 0 saturated carbocycles. The van der Waals surface area contributed by atoms with E-state index in [4.69, 9.17) is 4.74 Å². The molecule has 2 aromatic heterocycles. The van der Waals surface area contributed by atoms with E-state index in [9.17, 15) is 4.39 Å². The van der Waals surface area contributed by atoms with Crippen molar-refractivity contribution in [3.8, 4) is 11.5 Å². The highest BCUT2D eigenvalue weighted by Crippen LogP contribution is 2.24. The van der Waals surface area contributed by atoms with Crippen LogP contribution in [0, 0.1) is 5.82 Å². The highest BCUT2D eigenvalue weighted by molar-refractivity contribution is 5.79. The van der Waals surface area contributed by atoms with Crippen LogP contribution in [0.3, 0.4) is 0 Å². The third-order valence-electron chi connectivity index (χ3n) is 4.42. The Labute approximate surface area is 170 Å². The Morgan fingerprint density at radius 2 is 2.14 bits per heavy atom. The van der Waals surface area contributed by atoms with Gasteiger partial charge in [0.2, 0.25) is 0 Å². The normalized spacial score (nSPS) is 11.4. The molecular formula is C22H26FN5O. The van der Waals surface area contributed by atoms with Crippen molar-refractivity contribution in [3.63, 3.8) is 0 Å². The summed E-state index contributed by atoms with van der Waals surface area (Å²) in [6.45, 7) is 3.87. The summed E-state index contributed by atoms with van der Waals surface area (Å²) in [7, 11) is 4.01. The zero-order valence-corrected chi connectivity index (χ0v) is 17.0. The first kappa shape index (κ1) is 20.4. The third kappa shape index (κ3) is 5.57. The molecule has 0 amide bonds. The molecule has 3 rings (SSSR count). The van der Waals surface area contributed by atoms with E-state index >= 15 is 0 Å². The van der Waals surface area contributed by atoms with Gasteiger partial charge in [-0.25, -0.2) is 9.38 Å². The van der Waals surface area contributed by atoms with Crippen LogP contribution >= 0.6 is 0 Å². The highest BCUT2D eigenvalue weighted by atomic mass is 19.1. The molecule has 29 heavy (non-hydrogen) atoms. The summed E-state index contributed by atoms with van der Waals surface area (Å²) in [5.74, 6) is 1.00. The number of hydrogen-bond acceptors (Lipinski definition) is 3. The van der Waals surface area contributed by atoms with Gasteiger partial charge in [0.15, 0.2) is 17.5 Å². The highest BCUT2D eigenvalue weighted by Gasteiger charge is 2.10. The molecule has 0 aliphatic heterocycles. The van der Waals surface area contributed by atoms with Gasteiger partial charge in [0, 0.05) is 38.7 Å². The van der Waals surface area contributed by atoms with Crippen LogP contribution in [0.15, 0.2) is 66.0 Å². The average molecular weight is 395 g/mol. The Bertz CT molecular complexity index is 955. The van der Waals surface area contributed by atoms with E-state index in [1.54, 1.807) is 30.6 Å². The number of halogens is 1. The molecule has 0 unspecified atom stereocenters. The summed E-state index contributed by atoms with van der Waals surface area (Å²) in [4.78, 5) is 10.7. The molecule has 2 heterocycles. The molecule has 0 aliphatic rings. The number of aryl methyl sites for hydroxylation is 1. The van der Waals surface area contributed by atoms with Crippen molar-refractivity contribution in [2.45, 2.75) is 20.0 Å². The number of benzene rings is 1. The second kappa shape index (κ2) is 9.73. The van der Waals surface area contributed by atoms with Crippen molar-refractivity contribution in [2.24, 2.45) is 12.0 Å². The standard InChI is InChI=1S/C22H26FN5O/c1-4-25-22(28(3)16-18-7-6-12-27(18)2)26-14-17-9-10-21(20(23)13-17)29-19-8-5-11-24-15-19/h5-13,15H,4,14,16H2,1-3H3,(H,25,26). The number of nitrogens with one attached hydrogen (secondary N) is 1. The van der Waals surface area contributed by atoms with E-state index in [1.165, 1.54) is 11.8 Å². The van der Waals surface area contributed by atoms with Crippen LogP contribution in [-0.4, -0.2) is 34.0 Å². The van der Waals surface area contributed by atoms with Crippen molar-refractivity contribution in [2.75, 3.05) is 13.6 Å². The number of nitrogens with zero attached hydrogens (tertiary/aromatic N) is 4. The zero-order valence-electron chi connectivity index (χ0n) is 17.0. The lowest BCUT2D eigenvalue weighted by molar-refractivity contribution is 0.440. The van der Waals surface area contributed by atoms with Gasteiger partial charge in [0.05, 0.1) is 19.3 Å². The van der Waals surface area contributed by atoms with Crippen LogP contribution in [0.2, 0.25) is 0 Å². The van der Waals surface area contributed by atoms with Crippen LogP contribution in [0.5, 0.6) is 11.5 Å². The van der Waals surface area contributed by atoms with E-state index in [-0.39, 0.29) is 5.75 Å². The molecule has 1 aromatic carbocycles. The lowest BCUT2D eigenvalue weighted by Crippen LogP contribution is -2.38. The predicted molar refractivity (Wildman–Crippen MR) is 112 cm³/mol. The first-order valence-electron chi connectivity index (χ1n) is 9.52. The molecule has 152 valence electrons. The molecule has 0 radical (unpaired) electrons. The van der Waals surface area contributed by atoms with Gasteiger partial charge in [-0.15, -0.1) is 0 Å². The van der Waals surface area contributed by atoms with Crippen molar-refractivity contribution in [1.29, 1.82) is 0 Å². The Balaban J connectivity index is 1.68. The minimum absolute atomic E-state index is 0.165. The maximum atomic E-state index is 14.4. The number of aromatic nitrogens is 2. The van der Waals surface area contributed by atoms with Gasteiger partial charge in [-0.3, -0.25) is 4.98 Å². The lowest BCUT2D eigenvalue weighted by Gasteiger charge is -2.22. The molecule has 0 aliphatic carbocycles. The minimum atomic E-state index is -0.427. The SMILES string of the molecule is CCNC(=NCc1ccc(Oc2cccnc2)c(F)c1)N(C)Cc1cccn1C. The summed E-state index contributed by atoms with van der Waals surface area (Å²) in [6.07, 6.45) is 5.20. The van der Waals surface area contributed by atoms with Crippen LogP contribution in [-0.2, 0) is 20.1 Å². The van der Waals surface area contributed by atoms with Crippen molar-refractivity contribution in [1.82, 2.24) is 19.8 Å². The van der Waals surface area contributed by atoms with Gasteiger partial charge in [-0.1, -0.05) is 6.07 Å². The zero-order chi connectivity index (χ0) is 20.6. The Morgan fingerprint density at radius 3 is 2.79 bits per heavy atom.